The molecule has 17 heavy (non-hydrogen) atoms. The minimum atomic E-state index is -0.656. The highest BCUT2D eigenvalue weighted by molar-refractivity contribution is 5.84. The molecule has 2 fully saturated rings. The van der Waals surface area contributed by atoms with E-state index in [9.17, 15) is 9.90 Å². The molecule has 0 aromatic heterocycles. The van der Waals surface area contributed by atoms with Gasteiger partial charge in [0, 0.05) is 6.54 Å². The maximum atomic E-state index is 12.5. The Hall–Kier alpha value is -0.610. The molecule has 0 aliphatic carbocycles. The quantitative estimate of drug-likeness (QED) is 0.760. The van der Waals surface area contributed by atoms with Crippen LogP contribution in [-0.4, -0.2) is 47.7 Å². The molecule has 0 radical (unpaired) electrons. The predicted octanol–water partition coefficient (Wildman–Crippen LogP) is 0.605. The molecule has 0 aromatic carbocycles. The number of amides is 1. The monoisotopic (exact) mass is 240 g/mol. The molecule has 1 unspecified atom stereocenters. The number of rotatable bonds is 3. The molecule has 1 amide bonds. The number of aliphatic hydroxyl groups is 1. The Morgan fingerprint density at radius 2 is 2.12 bits per heavy atom. The largest absolute Gasteiger partial charge is 0.386 e. The third kappa shape index (κ3) is 1.97. The number of β-amino-alcohol motifs (C(OH)–C–C–N with tert-alkyl or cyclic N) is 1. The highest BCUT2D eigenvalue weighted by Crippen LogP contribution is 2.37. The first kappa shape index (κ1) is 12.8. The van der Waals surface area contributed by atoms with Crippen molar-refractivity contribution in [2.75, 3.05) is 26.2 Å². The molecule has 0 bridgehead atoms. The Kier molecular flexibility index (Phi) is 3.21. The number of hydrogen-bond donors (Lipinski definition) is 2. The lowest BCUT2D eigenvalue weighted by molar-refractivity contribution is -0.172. The van der Waals surface area contributed by atoms with Crippen LogP contribution < -0.4 is 5.32 Å². The van der Waals surface area contributed by atoms with Gasteiger partial charge in [0.05, 0.1) is 18.5 Å². The predicted molar refractivity (Wildman–Crippen MR) is 66.6 cm³/mol. The van der Waals surface area contributed by atoms with Crippen LogP contribution in [0.1, 0.15) is 33.6 Å². The number of nitrogens with one attached hydrogen (secondary N) is 1. The average molecular weight is 240 g/mol. The van der Waals surface area contributed by atoms with Crippen LogP contribution in [0.2, 0.25) is 0 Å². The van der Waals surface area contributed by atoms with E-state index in [1.165, 1.54) is 0 Å². The van der Waals surface area contributed by atoms with Crippen LogP contribution in [0.25, 0.3) is 0 Å². The van der Waals surface area contributed by atoms with E-state index in [1.807, 2.05) is 18.7 Å². The third-order valence-electron chi connectivity index (χ3n) is 4.67. The number of likely N-dealkylation sites (tertiary alicyclic amines) is 1. The van der Waals surface area contributed by atoms with E-state index in [0.29, 0.717) is 13.1 Å². The molecule has 4 nitrogen and oxygen atoms in total. The maximum absolute atomic E-state index is 12.5. The number of carbonyl (C=O) groups excluding carboxylic acids is 1. The normalized spacial score (nSPS) is 31.7. The molecule has 2 saturated heterocycles. The summed E-state index contributed by atoms with van der Waals surface area (Å²) in [6.07, 6.45) is 1.81. The molecule has 2 aliphatic heterocycles. The Morgan fingerprint density at radius 3 is 2.53 bits per heavy atom. The minimum absolute atomic E-state index is 0.210. The smallest absolute Gasteiger partial charge is 0.230 e. The summed E-state index contributed by atoms with van der Waals surface area (Å²) in [5, 5.41) is 13.5. The molecule has 2 N–H and O–H groups in total. The minimum Gasteiger partial charge on any atom is -0.386 e. The van der Waals surface area contributed by atoms with Crippen molar-refractivity contribution >= 4 is 5.91 Å². The zero-order valence-electron chi connectivity index (χ0n) is 11.1. The molecule has 1 atom stereocenters. The van der Waals surface area contributed by atoms with E-state index >= 15 is 0 Å². The van der Waals surface area contributed by atoms with Crippen molar-refractivity contribution in [3.05, 3.63) is 0 Å². The van der Waals surface area contributed by atoms with Gasteiger partial charge in [-0.2, -0.15) is 0 Å². The van der Waals surface area contributed by atoms with Gasteiger partial charge >= 0.3 is 0 Å². The van der Waals surface area contributed by atoms with Gasteiger partial charge in [-0.25, -0.2) is 0 Å². The molecular weight excluding hydrogens is 216 g/mol. The number of hydrogen-bond acceptors (Lipinski definition) is 3. The summed E-state index contributed by atoms with van der Waals surface area (Å²) in [7, 11) is 0. The van der Waals surface area contributed by atoms with E-state index in [0.717, 1.165) is 25.9 Å². The van der Waals surface area contributed by atoms with Crippen molar-refractivity contribution in [2.45, 2.75) is 39.2 Å². The lowest BCUT2D eigenvalue weighted by Crippen LogP contribution is -2.68. The molecular formula is C13H24N2O2. The Morgan fingerprint density at radius 1 is 1.47 bits per heavy atom. The second kappa shape index (κ2) is 4.25. The van der Waals surface area contributed by atoms with Crippen LogP contribution in [-0.2, 0) is 4.79 Å². The Balaban J connectivity index is 1.99. The first-order chi connectivity index (χ1) is 7.93. The SMILES string of the molecule is CCC1(C(=O)N2CC(O)(C(C)C)C2)CCNC1. The van der Waals surface area contributed by atoms with Gasteiger partial charge in [0.25, 0.3) is 0 Å². The fourth-order valence-electron chi connectivity index (χ4n) is 2.84. The van der Waals surface area contributed by atoms with Crippen molar-refractivity contribution in [2.24, 2.45) is 11.3 Å². The first-order valence-electron chi connectivity index (χ1n) is 6.66. The van der Waals surface area contributed by atoms with Crippen LogP contribution >= 0.6 is 0 Å². The number of nitrogens with zero attached hydrogens (tertiary/aromatic N) is 1. The zero-order chi connectivity index (χ0) is 12.7. The fourth-order valence-corrected chi connectivity index (χ4v) is 2.84. The molecule has 2 aliphatic rings. The summed E-state index contributed by atoms with van der Waals surface area (Å²) in [5.41, 5.74) is -0.866. The van der Waals surface area contributed by atoms with Gasteiger partial charge in [-0.1, -0.05) is 20.8 Å². The Bertz CT molecular complexity index is 303. The molecule has 2 rings (SSSR count). The number of carbonyl (C=O) groups is 1. The van der Waals surface area contributed by atoms with Gasteiger partial charge in [-0.05, 0) is 25.3 Å². The van der Waals surface area contributed by atoms with E-state index in [2.05, 4.69) is 12.2 Å². The van der Waals surface area contributed by atoms with E-state index in [-0.39, 0.29) is 17.2 Å². The van der Waals surface area contributed by atoms with Gasteiger partial charge in [-0.3, -0.25) is 4.79 Å². The van der Waals surface area contributed by atoms with Crippen LogP contribution in [0.3, 0.4) is 0 Å². The van der Waals surface area contributed by atoms with Gasteiger partial charge in [0.2, 0.25) is 5.91 Å². The van der Waals surface area contributed by atoms with Crippen LogP contribution in [0, 0.1) is 11.3 Å². The van der Waals surface area contributed by atoms with Crippen LogP contribution in [0.4, 0.5) is 0 Å². The van der Waals surface area contributed by atoms with Crippen molar-refractivity contribution in [3.8, 4) is 0 Å². The topological polar surface area (TPSA) is 52.6 Å². The molecule has 0 saturated carbocycles. The van der Waals surface area contributed by atoms with Crippen molar-refractivity contribution in [1.82, 2.24) is 10.2 Å². The van der Waals surface area contributed by atoms with Crippen LogP contribution in [0.5, 0.6) is 0 Å². The summed E-state index contributed by atoms with van der Waals surface area (Å²) in [6, 6.07) is 0. The first-order valence-corrected chi connectivity index (χ1v) is 6.66. The molecule has 0 spiro atoms. The van der Waals surface area contributed by atoms with E-state index in [1.54, 1.807) is 0 Å². The third-order valence-corrected chi connectivity index (χ3v) is 4.67. The van der Waals surface area contributed by atoms with Crippen molar-refractivity contribution in [1.29, 1.82) is 0 Å². The van der Waals surface area contributed by atoms with Crippen molar-refractivity contribution in [3.63, 3.8) is 0 Å². The summed E-state index contributed by atoms with van der Waals surface area (Å²) in [4.78, 5) is 14.3. The van der Waals surface area contributed by atoms with Gasteiger partial charge in [0.15, 0.2) is 0 Å². The summed E-state index contributed by atoms with van der Waals surface area (Å²) < 4.78 is 0. The highest BCUT2D eigenvalue weighted by Gasteiger charge is 2.51. The molecule has 0 aromatic rings. The maximum Gasteiger partial charge on any atom is 0.230 e. The van der Waals surface area contributed by atoms with E-state index < -0.39 is 5.60 Å². The van der Waals surface area contributed by atoms with Gasteiger partial charge in [0.1, 0.15) is 5.60 Å². The van der Waals surface area contributed by atoms with E-state index in [4.69, 9.17) is 0 Å². The summed E-state index contributed by atoms with van der Waals surface area (Å²) in [5.74, 6) is 0.446. The average Bonchev–Trinajstić information content (AvgIpc) is 2.73. The molecule has 2 heterocycles. The Labute approximate surface area is 103 Å². The highest BCUT2D eigenvalue weighted by atomic mass is 16.3. The van der Waals surface area contributed by atoms with Crippen LogP contribution in [0.15, 0.2) is 0 Å². The summed E-state index contributed by atoms with van der Waals surface area (Å²) in [6.45, 7) is 8.83. The standard InChI is InChI=1S/C13H24N2O2/c1-4-12(5-6-14-7-12)11(16)15-8-13(17,9-15)10(2)3/h10,14,17H,4-9H2,1-3H3. The second-order valence-corrected chi connectivity index (χ2v) is 5.98. The van der Waals surface area contributed by atoms with Crippen molar-refractivity contribution < 1.29 is 9.90 Å². The molecule has 4 heteroatoms. The lowest BCUT2D eigenvalue weighted by Gasteiger charge is -2.51. The second-order valence-electron chi connectivity index (χ2n) is 5.98. The fraction of sp³-hybridized carbons (Fsp3) is 0.923. The zero-order valence-corrected chi connectivity index (χ0v) is 11.1. The van der Waals surface area contributed by atoms with Gasteiger partial charge < -0.3 is 15.3 Å². The molecule has 98 valence electrons. The summed E-state index contributed by atoms with van der Waals surface area (Å²) >= 11 is 0. The lowest BCUT2D eigenvalue weighted by atomic mass is 9.77. The van der Waals surface area contributed by atoms with Gasteiger partial charge in [-0.15, -0.1) is 0 Å².